The highest BCUT2D eigenvalue weighted by Crippen LogP contribution is 2.35. The number of hydrogen-bond donors (Lipinski definition) is 1. The van der Waals surface area contributed by atoms with Crippen molar-refractivity contribution in [3.8, 4) is 5.82 Å². The first-order valence-corrected chi connectivity index (χ1v) is 11.9. The molecule has 4 rings (SSSR count). The molecular formula is C22H14Cl2F3N3O4S. The molecule has 0 amide bonds. The van der Waals surface area contributed by atoms with E-state index < -0.39 is 34.3 Å². The van der Waals surface area contributed by atoms with Crippen molar-refractivity contribution >= 4 is 55.8 Å². The highest BCUT2D eigenvalue weighted by atomic mass is 35.5. The fraction of sp³-hybridized carbons (Fsp3) is 0.0909. The van der Waals surface area contributed by atoms with E-state index in [-0.39, 0.29) is 26.4 Å². The number of hydrogen-bond acceptors (Lipinski definition) is 4. The van der Waals surface area contributed by atoms with Crippen molar-refractivity contribution in [1.82, 2.24) is 9.55 Å². The van der Waals surface area contributed by atoms with Crippen LogP contribution in [0.5, 0.6) is 0 Å². The van der Waals surface area contributed by atoms with Crippen molar-refractivity contribution < 1.29 is 31.5 Å². The standard InChI is InChI=1S/C22H14Cl2F3N3O4S/c23-14-9-15(24)11-17(10-14)35(33,34)30(12-20(31)32)16-3-4-19-13(8-16)5-7-29(19)21-18(22(25,26)27)2-1-6-28-21/h1-11H,12H2,(H,31,32). The number of pyridine rings is 1. The molecule has 0 radical (unpaired) electrons. The van der Waals surface area contributed by atoms with Gasteiger partial charge in [0.2, 0.25) is 0 Å². The van der Waals surface area contributed by atoms with Gasteiger partial charge in [0.1, 0.15) is 12.4 Å². The summed E-state index contributed by atoms with van der Waals surface area (Å²) in [4.78, 5) is 15.0. The number of carboxylic acid groups (broad SMARTS) is 1. The number of halogens is 5. The van der Waals surface area contributed by atoms with E-state index in [4.69, 9.17) is 23.2 Å². The molecule has 0 aliphatic heterocycles. The van der Waals surface area contributed by atoms with E-state index in [9.17, 15) is 31.5 Å². The first-order chi connectivity index (χ1) is 16.4. The van der Waals surface area contributed by atoms with Crippen LogP contribution in [-0.4, -0.2) is 35.6 Å². The molecule has 2 heterocycles. The fourth-order valence-electron chi connectivity index (χ4n) is 3.52. The van der Waals surface area contributed by atoms with Gasteiger partial charge in [0.05, 0.1) is 21.7 Å². The van der Waals surface area contributed by atoms with Crippen LogP contribution in [-0.2, 0) is 21.0 Å². The zero-order chi connectivity index (χ0) is 25.5. The Morgan fingerprint density at radius 2 is 1.74 bits per heavy atom. The molecule has 35 heavy (non-hydrogen) atoms. The van der Waals surface area contributed by atoms with Crippen LogP contribution in [0.1, 0.15) is 5.56 Å². The number of aliphatic carboxylic acids is 1. The minimum Gasteiger partial charge on any atom is -0.480 e. The molecule has 7 nitrogen and oxygen atoms in total. The predicted octanol–water partition coefficient (Wildman–Crippen LogP) is 5.63. The predicted molar refractivity (Wildman–Crippen MR) is 125 cm³/mol. The highest BCUT2D eigenvalue weighted by molar-refractivity contribution is 7.92. The molecule has 0 fully saturated rings. The summed E-state index contributed by atoms with van der Waals surface area (Å²) in [5.74, 6) is -1.78. The number of carboxylic acids is 1. The number of benzene rings is 2. The fourth-order valence-corrected chi connectivity index (χ4v) is 5.66. The number of alkyl halides is 3. The van der Waals surface area contributed by atoms with Crippen LogP contribution in [0, 0.1) is 0 Å². The molecule has 0 spiro atoms. The maximum absolute atomic E-state index is 13.5. The molecule has 1 N–H and O–H groups in total. The van der Waals surface area contributed by atoms with E-state index in [0.29, 0.717) is 15.2 Å². The second-order valence-corrected chi connectivity index (χ2v) is 10.0. The van der Waals surface area contributed by atoms with E-state index in [2.05, 4.69) is 4.98 Å². The highest BCUT2D eigenvalue weighted by Gasteiger charge is 2.35. The Balaban J connectivity index is 1.84. The number of sulfonamides is 1. The van der Waals surface area contributed by atoms with Gasteiger partial charge in [0.15, 0.2) is 0 Å². The van der Waals surface area contributed by atoms with Gasteiger partial charge in [-0.05, 0) is 54.6 Å². The first-order valence-electron chi connectivity index (χ1n) is 9.72. The molecule has 2 aromatic heterocycles. The first kappa shape index (κ1) is 24.8. The number of aromatic nitrogens is 2. The summed E-state index contributed by atoms with van der Waals surface area (Å²) in [6, 6.07) is 11.2. The Kier molecular flexibility index (Phi) is 6.43. The number of anilines is 1. The number of carbonyl (C=O) groups is 1. The zero-order valence-electron chi connectivity index (χ0n) is 17.4. The van der Waals surface area contributed by atoms with Gasteiger partial charge in [-0.2, -0.15) is 13.2 Å². The van der Waals surface area contributed by atoms with Crippen LogP contribution in [0.25, 0.3) is 16.7 Å². The maximum Gasteiger partial charge on any atom is 0.419 e. The Labute approximate surface area is 207 Å². The minimum absolute atomic E-state index is 0.0224. The number of fused-ring (bicyclic) bond motifs is 1. The molecule has 0 aliphatic rings. The van der Waals surface area contributed by atoms with Crippen LogP contribution >= 0.6 is 23.2 Å². The molecular weight excluding hydrogens is 530 g/mol. The molecule has 0 saturated carbocycles. The van der Waals surface area contributed by atoms with Crippen LogP contribution in [0.3, 0.4) is 0 Å². The number of rotatable bonds is 6. The van der Waals surface area contributed by atoms with Crippen molar-refractivity contribution in [1.29, 1.82) is 0 Å². The lowest BCUT2D eigenvalue weighted by atomic mass is 10.2. The van der Waals surface area contributed by atoms with Crippen molar-refractivity contribution in [2.24, 2.45) is 0 Å². The summed E-state index contributed by atoms with van der Waals surface area (Å²) in [7, 11) is -4.42. The average molecular weight is 544 g/mol. The van der Waals surface area contributed by atoms with Crippen molar-refractivity contribution in [3.63, 3.8) is 0 Å². The molecule has 4 aromatic rings. The third-order valence-electron chi connectivity index (χ3n) is 4.99. The minimum atomic E-state index is -4.65. The van der Waals surface area contributed by atoms with Gasteiger partial charge < -0.3 is 9.67 Å². The Bertz CT molecular complexity index is 1540. The molecule has 0 saturated heterocycles. The van der Waals surface area contributed by atoms with Crippen molar-refractivity contribution in [2.45, 2.75) is 11.1 Å². The van der Waals surface area contributed by atoms with E-state index in [1.165, 1.54) is 53.4 Å². The molecule has 182 valence electrons. The monoisotopic (exact) mass is 543 g/mol. The van der Waals surface area contributed by atoms with E-state index in [0.717, 1.165) is 18.2 Å². The van der Waals surface area contributed by atoms with Gasteiger partial charge in [0.25, 0.3) is 10.0 Å². The summed E-state index contributed by atoms with van der Waals surface area (Å²) in [6.07, 6.45) is -2.06. The molecule has 0 bridgehead atoms. The summed E-state index contributed by atoms with van der Waals surface area (Å²) in [5, 5.41) is 9.79. The molecule has 13 heteroatoms. The van der Waals surface area contributed by atoms with Gasteiger partial charge in [0, 0.05) is 27.8 Å². The summed E-state index contributed by atoms with van der Waals surface area (Å²) < 4.78 is 68.9. The second-order valence-electron chi connectivity index (χ2n) is 7.31. The van der Waals surface area contributed by atoms with E-state index >= 15 is 0 Å². The topological polar surface area (TPSA) is 92.5 Å². The van der Waals surface area contributed by atoms with Gasteiger partial charge in [-0.15, -0.1) is 0 Å². The van der Waals surface area contributed by atoms with Crippen LogP contribution in [0.2, 0.25) is 10.0 Å². The van der Waals surface area contributed by atoms with Crippen LogP contribution in [0.4, 0.5) is 18.9 Å². The Morgan fingerprint density at radius 1 is 1.06 bits per heavy atom. The van der Waals surface area contributed by atoms with Crippen LogP contribution in [0.15, 0.2) is 71.9 Å². The summed E-state index contributed by atoms with van der Waals surface area (Å²) in [5.41, 5.74) is -0.670. The second kappa shape index (κ2) is 9.06. The third kappa shape index (κ3) is 4.93. The normalized spacial score (nSPS) is 12.1. The van der Waals surface area contributed by atoms with Gasteiger partial charge in [-0.3, -0.25) is 9.10 Å². The van der Waals surface area contributed by atoms with Crippen molar-refractivity contribution in [3.05, 3.63) is 82.6 Å². The summed E-state index contributed by atoms with van der Waals surface area (Å²) in [6.45, 7) is -0.920. The maximum atomic E-state index is 13.5. The van der Waals surface area contributed by atoms with E-state index in [1.54, 1.807) is 0 Å². The van der Waals surface area contributed by atoms with Gasteiger partial charge in [-0.25, -0.2) is 13.4 Å². The zero-order valence-corrected chi connectivity index (χ0v) is 19.7. The molecule has 0 aliphatic carbocycles. The number of nitrogens with zero attached hydrogens (tertiary/aromatic N) is 3. The molecule has 0 unspecified atom stereocenters. The van der Waals surface area contributed by atoms with Gasteiger partial charge >= 0.3 is 12.1 Å². The smallest absolute Gasteiger partial charge is 0.419 e. The lowest BCUT2D eigenvalue weighted by molar-refractivity contribution is -0.138. The van der Waals surface area contributed by atoms with Crippen LogP contribution < -0.4 is 4.31 Å². The Hall–Kier alpha value is -3.28. The third-order valence-corrected chi connectivity index (χ3v) is 7.17. The largest absolute Gasteiger partial charge is 0.480 e. The summed E-state index contributed by atoms with van der Waals surface area (Å²) >= 11 is 11.8. The lowest BCUT2D eigenvalue weighted by Gasteiger charge is -2.23. The molecule has 2 aromatic carbocycles. The molecule has 0 atom stereocenters. The lowest BCUT2D eigenvalue weighted by Crippen LogP contribution is -2.35. The van der Waals surface area contributed by atoms with Gasteiger partial charge in [-0.1, -0.05) is 23.2 Å². The van der Waals surface area contributed by atoms with Crippen molar-refractivity contribution in [2.75, 3.05) is 10.8 Å². The SMILES string of the molecule is O=C(O)CN(c1ccc2c(ccn2-c2ncccc2C(F)(F)F)c1)S(=O)(=O)c1cc(Cl)cc(Cl)c1. The Morgan fingerprint density at radius 3 is 2.37 bits per heavy atom. The van der Waals surface area contributed by atoms with E-state index in [1.807, 2.05) is 0 Å². The quantitative estimate of drug-likeness (QED) is 0.340. The average Bonchev–Trinajstić information content (AvgIpc) is 3.19.